The predicted octanol–water partition coefficient (Wildman–Crippen LogP) is 4.65. The number of thiophene rings is 1. The summed E-state index contributed by atoms with van der Waals surface area (Å²) >= 11 is 1.81. The van der Waals surface area contributed by atoms with E-state index in [1.807, 2.05) is 22.0 Å². The van der Waals surface area contributed by atoms with Crippen LogP contribution in [0.3, 0.4) is 0 Å². The third kappa shape index (κ3) is 2.66. The Morgan fingerprint density at radius 2 is 2.04 bits per heavy atom. The summed E-state index contributed by atoms with van der Waals surface area (Å²) in [6, 6.07) is 6.15. The van der Waals surface area contributed by atoms with E-state index in [0.29, 0.717) is 16.7 Å². The molecule has 1 fully saturated rings. The first kappa shape index (κ1) is 17.5. The zero-order valence-corrected chi connectivity index (χ0v) is 16.5. The molecule has 0 saturated heterocycles. The summed E-state index contributed by atoms with van der Waals surface area (Å²) in [4.78, 5) is 27.0. The van der Waals surface area contributed by atoms with Gasteiger partial charge in [-0.1, -0.05) is 0 Å². The van der Waals surface area contributed by atoms with Gasteiger partial charge in [-0.25, -0.2) is 4.79 Å². The minimum atomic E-state index is -1.18. The van der Waals surface area contributed by atoms with Crippen LogP contribution < -0.4 is 10.2 Å². The molecule has 0 bridgehead atoms. The van der Waals surface area contributed by atoms with E-state index in [-0.39, 0.29) is 11.6 Å². The fraction of sp³-hybridized carbons (Fsp3) is 0.364. The standard InChI is InChI=1S/C22H21NO4S/c1-27-21-14(18-10-12-4-2-3-5-17(12)28-18)8-9-15-19(21)23(13-6-7-13)11-16(20(15)24)22(25)26/h8-11,13H,2-7H2,1H3,(H,25,26). The number of hydrogen-bond donors (Lipinski definition) is 1. The number of ether oxygens (including phenoxy) is 1. The van der Waals surface area contributed by atoms with Crippen LogP contribution in [-0.2, 0) is 12.8 Å². The second-order valence-electron chi connectivity index (χ2n) is 7.62. The van der Waals surface area contributed by atoms with Crippen LogP contribution in [0, 0.1) is 0 Å². The van der Waals surface area contributed by atoms with E-state index < -0.39 is 11.4 Å². The molecule has 5 rings (SSSR count). The number of hydrogen-bond acceptors (Lipinski definition) is 4. The molecule has 0 radical (unpaired) electrons. The summed E-state index contributed by atoms with van der Waals surface area (Å²) in [6.07, 6.45) is 8.19. The van der Waals surface area contributed by atoms with Crippen molar-refractivity contribution < 1.29 is 14.6 Å². The lowest BCUT2D eigenvalue weighted by atomic mass is 9.98. The maximum atomic E-state index is 12.8. The third-order valence-electron chi connectivity index (χ3n) is 5.78. The second kappa shape index (κ2) is 6.48. The number of aryl methyl sites for hydroxylation is 2. The van der Waals surface area contributed by atoms with E-state index in [9.17, 15) is 14.7 Å². The van der Waals surface area contributed by atoms with Crippen molar-refractivity contribution in [2.24, 2.45) is 0 Å². The summed E-state index contributed by atoms with van der Waals surface area (Å²) in [6.45, 7) is 0. The summed E-state index contributed by atoms with van der Waals surface area (Å²) < 4.78 is 7.76. The minimum Gasteiger partial charge on any atom is -0.494 e. The smallest absolute Gasteiger partial charge is 0.341 e. The maximum Gasteiger partial charge on any atom is 0.341 e. The molecule has 5 nitrogen and oxygen atoms in total. The average Bonchev–Trinajstić information content (AvgIpc) is 3.45. The van der Waals surface area contributed by atoms with E-state index in [1.165, 1.54) is 29.5 Å². The van der Waals surface area contributed by atoms with Crippen LogP contribution in [0.25, 0.3) is 21.3 Å². The van der Waals surface area contributed by atoms with Gasteiger partial charge in [0.25, 0.3) is 0 Å². The van der Waals surface area contributed by atoms with Gasteiger partial charge in [-0.15, -0.1) is 11.3 Å². The normalized spacial score (nSPS) is 16.2. The van der Waals surface area contributed by atoms with Crippen molar-refractivity contribution in [1.82, 2.24) is 4.57 Å². The molecule has 6 heteroatoms. The number of pyridine rings is 1. The Bertz CT molecular complexity index is 1150. The van der Waals surface area contributed by atoms with Crippen LogP contribution in [0.4, 0.5) is 0 Å². The van der Waals surface area contributed by atoms with Gasteiger partial charge >= 0.3 is 5.97 Å². The molecule has 1 aromatic carbocycles. The molecule has 1 N–H and O–H groups in total. The Kier molecular flexibility index (Phi) is 4.05. The van der Waals surface area contributed by atoms with Gasteiger partial charge in [-0.05, 0) is 62.3 Å². The Morgan fingerprint density at radius 3 is 2.71 bits per heavy atom. The van der Waals surface area contributed by atoms with Gasteiger partial charge in [0.1, 0.15) is 5.56 Å². The highest BCUT2D eigenvalue weighted by Gasteiger charge is 2.29. The van der Waals surface area contributed by atoms with Crippen molar-refractivity contribution in [1.29, 1.82) is 0 Å². The number of aromatic nitrogens is 1. The first-order valence-electron chi connectivity index (χ1n) is 9.69. The van der Waals surface area contributed by atoms with Crippen LogP contribution >= 0.6 is 11.3 Å². The largest absolute Gasteiger partial charge is 0.494 e. The van der Waals surface area contributed by atoms with Crippen LogP contribution in [-0.4, -0.2) is 22.8 Å². The fourth-order valence-electron chi connectivity index (χ4n) is 4.24. The van der Waals surface area contributed by atoms with Crippen molar-refractivity contribution >= 4 is 28.2 Å². The lowest BCUT2D eigenvalue weighted by Gasteiger charge is -2.17. The maximum absolute atomic E-state index is 12.8. The van der Waals surface area contributed by atoms with Gasteiger partial charge in [0.05, 0.1) is 18.0 Å². The number of rotatable bonds is 4. The van der Waals surface area contributed by atoms with Crippen molar-refractivity contribution in [3.63, 3.8) is 0 Å². The molecule has 0 atom stereocenters. The SMILES string of the molecule is COc1c(-c2cc3c(s2)CCCC3)ccc2c(=O)c(C(=O)O)cn(C3CC3)c12. The number of fused-ring (bicyclic) bond motifs is 2. The average molecular weight is 395 g/mol. The highest BCUT2D eigenvalue weighted by atomic mass is 32.1. The van der Waals surface area contributed by atoms with E-state index in [1.54, 1.807) is 13.2 Å². The highest BCUT2D eigenvalue weighted by Crippen LogP contribution is 2.45. The molecule has 1 saturated carbocycles. The van der Waals surface area contributed by atoms with E-state index >= 15 is 0 Å². The Labute approximate surface area is 166 Å². The molecule has 2 aliphatic rings. The topological polar surface area (TPSA) is 68.5 Å². The number of aromatic carboxylic acids is 1. The summed E-state index contributed by atoms with van der Waals surface area (Å²) in [7, 11) is 1.62. The second-order valence-corrected chi connectivity index (χ2v) is 8.76. The zero-order chi connectivity index (χ0) is 19.4. The first-order valence-corrected chi connectivity index (χ1v) is 10.5. The van der Waals surface area contributed by atoms with Gasteiger partial charge in [0.2, 0.25) is 5.43 Å². The molecule has 0 amide bonds. The molecule has 2 heterocycles. The summed E-state index contributed by atoms with van der Waals surface area (Å²) in [5.74, 6) is -0.521. The number of carbonyl (C=O) groups is 1. The van der Waals surface area contributed by atoms with E-state index in [0.717, 1.165) is 36.1 Å². The molecule has 2 aliphatic carbocycles. The molecule has 0 unspecified atom stereocenters. The third-order valence-corrected chi connectivity index (χ3v) is 7.05. The van der Waals surface area contributed by atoms with Crippen LogP contribution in [0.15, 0.2) is 29.2 Å². The van der Waals surface area contributed by atoms with Crippen LogP contribution in [0.1, 0.15) is 52.5 Å². The summed E-state index contributed by atoms with van der Waals surface area (Å²) in [5.41, 5.74) is 2.49. The molecule has 0 spiro atoms. The van der Waals surface area contributed by atoms with Crippen LogP contribution in [0.5, 0.6) is 5.75 Å². The highest BCUT2D eigenvalue weighted by molar-refractivity contribution is 7.15. The molecule has 144 valence electrons. The van der Waals surface area contributed by atoms with Crippen molar-refractivity contribution in [2.75, 3.05) is 7.11 Å². The number of methoxy groups -OCH3 is 1. The van der Waals surface area contributed by atoms with Gasteiger partial charge in [-0.3, -0.25) is 4.79 Å². The van der Waals surface area contributed by atoms with E-state index in [2.05, 4.69) is 6.07 Å². The minimum absolute atomic E-state index is 0.180. The first-order chi connectivity index (χ1) is 13.6. The Morgan fingerprint density at radius 1 is 1.25 bits per heavy atom. The van der Waals surface area contributed by atoms with Crippen molar-refractivity contribution in [3.8, 4) is 16.2 Å². The molecule has 3 aromatic rings. The van der Waals surface area contributed by atoms with Gasteiger partial charge in [0, 0.05) is 27.6 Å². The monoisotopic (exact) mass is 395 g/mol. The Hall–Kier alpha value is -2.60. The van der Waals surface area contributed by atoms with Gasteiger partial charge in [-0.2, -0.15) is 0 Å². The zero-order valence-electron chi connectivity index (χ0n) is 15.7. The fourth-order valence-corrected chi connectivity index (χ4v) is 5.51. The van der Waals surface area contributed by atoms with Gasteiger partial charge in [0.15, 0.2) is 5.75 Å². The molecular weight excluding hydrogens is 374 g/mol. The quantitative estimate of drug-likeness (QED) is 0.698. The van der Waals surface area contributed by atoms with Crippen molar-refractivity contribution in [3.05, 3.63) is 50.6 Å². The number of benzene rings is 1. The number of nitrogens with zero attached hydrogens (tertiary/aromatic N) is 1. The molecule has 2 aromatic heterocycles. The molecular formula is C22H21NO4S. The van der Waals surface area contributed by atoms with Gasteiger partial charge < -0.3 is 14.4 Å². The Balaban J connectivity index is 1.79. The molecule has 28 heavy (non-hydrogen) atoms. The van der Waals surface area contributed by atoms with Crippen molar-refractivity contribution in [2.45, 2.75) is 44.6 Å². The lowest BCUT2D eigenvalue weighted by molar-refractivity contribution is 0.0695. The predicted molar refractivity (Wildman–Crippen MR) is 110 cm³/mol. The van der Waals surface area contributed by atoms with Crippen LogP contribution in [0.2, 0.25) is 0 Å². The number of carboxylic acids is 1. The van der Waals surface area contributed by atoms with E-state index in [4.69, 9.17) is 4.74 Å². The lowest BCUT2D eigenvalue weighted by Crippen LogP contribution is -2.19. The molecule has 0 aliphatic heterocycles. The summed E-state index contributed by atoms with van der Waals surface area (Å²) in [5, 5.41) is 9.87. The number of carboxylic acid groups (broad SMARTS) is 1.